The van der Waals surface area contributed by atoms with E-state index >= 15 is 0 Å². The zero-order valence-corrected chi connectivity index (χ0v) is 7.52. The van der Waals surface area contributed by atoms with Crippen molar-refractivity contribution in [3.8, 4) is 0 Å². The summed E-state index contributed by atoms with van der Waals surface area (Å²) in [5.74, 6) is 1.42. The van der Waals surface area contributed by atoms with E-state index in [2.05, 4.69) is 31.3 Å². The Bertz CT molecular complexity index is 206. The number of nitrogens with one attached hydrogen (secondary N) is 1. The van der Waals surface area contributed by atoms with Gasteiger partial charge in [-0.05, 0) is 32.6 Å². The summed E-state index contributed by atoms with van der Waals surface area (Å²) in [4.78, 5) is 0. The van der Waals surface area contributed by atoms with E-state index in [1.807, 2.05) is 0 Å². The van der Waals surface area contributed by atoms with Crippen LogP contribution in [0.15, 0.2) is 5.10 Å². The minimum atomic E-state index is 0.222. The first kappa shape index (κ1) is 7.14. The maximum Gasteiger partial charge on any atom is 0.0573 e. The SMILES string of the molecule is CC1CCC2C1=NNC2(C)C. The number of hydrogen-bond donors (Lipinski definition) is 1. The Labute approximate surface area is 68.1 Å². The molecule has 0 saturated heterocycles. The summed E-state index contributed by atoms with van der Waals surface area (Å²) in [7, 11) is 0. The molecule has 0 aromatic carbocycles. The van der Waals surface area contributed by atoms with Crippen LogP contribution in [0.5, 0.6) is 0 Å². The van der Waals surface area contributed by atoms with Crippen molar-refractivity contribution in [1.82, 2.24) is 5.43 Å². The number of nitrogens with zero attached hydrogens (tertiary/aromatic N) is 1. The maximum atomic E-state index is 4.40. The molecule has 1 aliphatic carbocycles. The van der Waals surface area contributed by atoms with Crippen LogP contribution in [0.3, 0.4) is 0 Å². The van der Waals surface area contributed by atoms with Crippen molar-refractivity contribution >= 4 is 5.71 Å². The van der Waals surface area contributed by atoms with E-state index in [4.69, 9.17) is 0 Å². The summed E-state index contributed by atoms with van der Waals surface area (Å²) in [5.41, 5.74) is 4.85. The standard InChI is InChI=1S/C9H16N2/c1-6-4-5-7-8(6)10-11-9(7,2)3/h6-7,11H,4-5H2,1-3H3. The average Bonchev–Trinajstić information content (AvgIpc) is 2.39. The van der Waals surface area contributed by atoms with Crippen LogP contribution in [0.1, 0.15) is 33.6 Å². The van der Waals surface area contributed by atoms with Gasteiger partial charge in [-0.25, -0.2) is 0 Å². The zero-order chi connectivity index (χ0) is 8.06. The summed E-state index contributed by atoms with van der Waals surface area (Å²) in [6.45, 7) is 6.76. The van der Waals surface area contributed by atoms with Crippen LogP contribution in [-0.4, -0.2) is 11.3 Å². The van der Waals surface area contributed by atoms with Crippen LogP contribution in [0.25, 0.3) is 0 Å². The first-order valence-corrected chi connectivity index (χ1v) is 4.46. The van der Waals surface area contributed by atoms with Crippen LogP contribution < -0.4 is 5.43 Å². The highest BCUT2D eigenvalue weighted by atomic mass is 15.4. The van der Waals surface area contributed by atoms with Crippen LogP contribution in [0.2, 0.25) is 0 Å². The molecule has 1 saturated carbocycles. The fourth-order valence-corrected chi connectivity index (χ4v) is 2.26. The van der Waals surface area contributed by atoms with E-state index in [1.165, 1.54) is 18.6 Å². The summed E-state index contributed by atoms with van der Waals surface area (Å²) in [5, 5.41) is 4.40. The molecule has 2 nitrogen and oxygen atoms in total. The fraction of sp³-hybridized carbons (Fsp3) is 0.889. The van der Waals surface area contributed by atoms with Gasteiger partial charge >= 0.3 is 0 Å². The Morgan fingerprint density at radius 3 is 2.82 bits per heavy atom. The number of hydrogen-bond acceptors (Lipinski definition) is 2. The minimum Gasteiger partial charge on any atom is -0.304 e. The minimum absolute atomic E-state index is 0.222. The van der Waals surface area contributed by atoms with Gasteiger partial charge < -0.3 is 5.43 Å². The Morgan fingerprint density at radius 1 is 1.45 bits per heavy atom. The van der Waals surface area contributed by atoms with Crippen molar-refractivity contribution < 1.29 is 0 Å². The van der Waals surface area contributed by atoms with E-state index in [0.717, 1.165) is 0 Å². The molecule has 2 unspecified atom stereocenters. The van der Waals surface area contributed by atoms with Gasteiger partial charge in [-0.2, -0.15) is 5.10 Å². The van der Waals surface area contributed by atoms with Gasteiger partial charge in [0, 0.05) is 11.6 Å². The second-order valence-electron chi connectivity index (χ2n) is 4.40. The molecule has 1 N–H and O–H groups in total. The lowest BCUT2D eigenvalue weighted by Gasteiger charge is -2.24. The molecule has 2 aliphatic rings. The van der Waals surface area contributed by atoms with E-state index in [-0.39, 0.29) is 5.54 Å². The predicted octanol–water partition coefficient (Wildman–Crippen LogP) is 1.77. The van der Waals surface area contributed by atoms with Gasteiger partial charge in [-0.1, -0.05) is 6.92 Å². The van der Waals surface area contributed by atoms with Crippen molar-refractivity contribution in [2.24, 2.45) is 16.9 Å². The summed E-state index contributed by atoms with van der Waals surface area (Å²) in [6, 6.07) is 0. The van der Waals surface area contributed by atoms with Gasteiger partial charge in [-0.15, -0.1) is 0 Å². The highest BCUT2D eigenvalue weighted by molar-refractivity contribution is 5.92. The summed E-state index contributed by atoms with van der Waals surface area (Å²) in [6.07, 6.45) is 2.65. The molecule has 1 aliphatic heterocycles. The van der Waals surface area contributed by atoms with Crippen LogP contribution >= 0.6 is 0 Å². The first-order chi connectivity index (χ1) is 5.11. The molecule has 1 heterocycles. The second-order valence-corrected chi connectivity index (χ2v) is 4.40. The lowest BCUT2D eigenvalue weighted by Crippen LogP contribution is -2.38. The quantitative estimate of drug-likeness (QED) is 0.562. The average molecular weight is 152 g/mol. The monoisotopic (exact) mass is 152 g/mol. The predicted molar refractivity (Wildman–Crippen MR) is 46.5 cm³/mol. The van der Waals surface area contributed by atoms with Crippen molar-refractivity contribution in [2.45, 2.75) is 39.2 Å². The molecule has 0 aromatic rings. The Balaban J connectivity index is 2.26. The fourth-order valence-electron chi connectivity index (χ4n) is 2.26. The molecule has 2 rings (SSSR count). The van der Waals surface area contributed by atoms with Gasteiger partial charge in [0.05, 0.1) is 5.54 Å². The van der Waals surface area contributed by atoms with Crippen molar-refractivity contribution in [3.63, 3.8) is 0 Å². The number of fused-ring (bicyclic) bond motifs is 1. The molecular formula is C9H16N2. The lowest BCUT2D eigenvalue weighted by molar-refractivity contribution is 0.344. The van der Waals surface area contributed by atoms with Crippen molar-refractivity contribution in [1.29, 1.82) is 0 Å². The first-order valence-electron chi connectivity index (χ1n) is 4.46. The number of hydrazone groups is 1. The highest BCUT2D eigenvalue weighted by Crippen LogP contribution is 2.38. The summed E-state index contributed by atoms with van der Waals surface area (Å²) < 4.78 is 0. The topological polar surface area (TPSA) is 24.4 Å². The molecule has 0 spiro atoms. The molecule has 0 radical (unpaired) electrons. The zero-order valence-electron chi connectivity index (χ0n) is 7.52. The third-order valence-corrected chi connectivity index (χ3v) is 3.09. The second kappa shape index (κ2) is 1.99. The Morgan fingerprint density at radius 2 is 2.18 bits per heavy atom. The van der Waals surface area contributed by atoms with Gasteiger partial charge in [0.15, 0.2) is 0 Å². The smallest absolute Gasteiger partial charge is 0.0573 e. The van der Waals surface area contributed by atoms with Crippen LogP contribution in [-0.2, 0) is 0 Å². The molecule has 62 valence electrons. The third kappa shape index (κ3) is 0.883. The Kier molecular flexibility index (Phi) is 1.29. The maximum absolute atomic E-state index is 4.40. The largest absolute Gasteiger partial charge is 0.304 e. The lowest BCUT2D eigenvalue weighted by atomic mass is 9.86. The van der Waals surface area contributed by atoms with E-state index in [9.17, 15) is 0 Å². The molecule has 11 heavy (non-hydrogen) atoms. The molecule has 0 aromatic heterocycles. The Hall–Kier alpha value is -0.530. The molecular weight excluding hydrogens is 136 g/mol. The van der Waals surface area contributed by atoms with E-state index < -0.39 is 0 Å². The molecule has 0 bridgehead atoms. The molecule has 0 amide bonds. The van der Waals surface area contributed by atoms with Gasteiger partial charge in [0.25, 0.3) is 0 Å². The van der Waals surface area contributed by atoms with Gasteiger partial charge in [0.2, 0.25) is 0 Å². The summed E-state index contributed by atoms with van der Waals surface area (Å²) >= 11 is 0. The molecule has 1 fully saturated rings. The van der Waals surface area contributed by atoms with Crippen molar-refractivity contribution in [2.75, 3.05) is 0 Å². The van der Waals surface area contributed by atoms with Gasteiger partial charge in [0.1, 0.15) is 0 Å². The van der Waals surface area contributed by atoms with Crippen LogP contribution in [0, 0.1) is 11.8 Å². The normalized spacial score (nSPS) is 39.7. The van der Waals surface area contributed by atoms with E-state index in [0.29, 0.717) is 11.8 Å². The number of rotatable bonds is 0. The third-order valence-electron chi connectivity index (χ3n) is 3.09. The van der Waals surface area contributed by atoms with Crippen molar-refractivity contribution in [3.05, 3.63) is 0 Å². The van der Waals surface area contributed by atoms with Crippen LogP contribution in [0.4, 0.5) is 0 Å². The molecule has 2 atom stereocenters. The van der Waals surface area contributed by atoms with Gasteiger partial charge in [-0.3, -0.25) is 0 Å². The molecule has 2 heteroatoms. The van der Waals surface area contributed by atoms with E-state index in [1.54, 1.807) is 0 Å². The highest BCUT2D eigenvalue weighted by Gasteiger charge is 2.43.